The number of nitrogens with zero attached hydrogens (tertiary/aromatic N) is 3. The number of hydrogen-bond donors (Lipinski definition) is 0. The molecule has 2 saturated heterocycles. The van der Waals surface area contributed by atoms with Gasteiger partial charge in [-0.1, -0.05) is 18.2 Å². The zero-order valence-electron chi connectivity index (χ0n) is 19.8. The van der Waals surface area contributed by atoms with Crippen molar-refractivity contribution < 1.29 is 18.7 Å². The van der Waals surface area contributed by atoms with Crippen LogP contribution in [0.1, 0.15) is 49.6 Å². The molecule has 0 bridgehead atoms. The monoisotopic (exact) mass is 461 g/mol. The average Bonchev–Trinajstić information content (AvgIpc) is 3.45. The number of aryl methyl sites for hydroxylation is 1. The summed E-state index contributed by atoms with van der Waals surface area (Å²) in [7, 11) is 1.62. The van der Waals surface area contributed by atoms with Gasteiger partial charge in [-0.15, -0.1) is 0 Å². The van der Waals surface area contributed by atoms with Gasteiger partial charge >= 0.3 is 0 Å². The Hall–Kier alpha value is -3.61. The van der Waals surface area contributed by atoms with E-state index < -0.39 is 5.60 Å². The first-order valence-electron chi connectivity index (χ1n) is 11.4. The first kappa shape index (κ1) is 22.2. The number of imidazole rings is 1. The first-order valence-corrected chi connectivity index (χ1v) is 11.4. The third-order valence-corrected chi connectivity index (χ3v) is 6.75. The number of ether oxygens (including phenoxy) is 2. The van der Waals surface area contributed by atoms with Crippen LogP contribution >= 0.6 is 0 Å². The molecule has 0 N–H and O–H groups in total. The van der Waals surface area contributed by atoms with E-state index in [0.717, 1.165) is 35.3 Å². The van der Waals surface area contributed by atoms with Crippen molar-refractivity contribution in [3.63, 3.8) is 0 Å². The van der Waals surface area contributed by atoms with Gasteiger partial charge in [-0.2, -0.15) is 0 Å². The lowest BCUT2D eigenvalue weighted by molar-refractivity contribution is -0.155. The number of fused-ring (bicyclic) bond motifs is 1. The molecule has 6 nitrogen and oxygen atoms in total. The minimum Gasteiger partial charge on any atom is -0.495 e. The Balaban J connectivity index is 1.49. The zero-order chi connectivity index (χ0) is 24.0. The quantitative estimate of drug-likeness (QED) is 0.501. The number of methoxy groups -OCH3 is 1. The molecule has 2 aliphatic rings. The van der Waals surface area contributed by atoms with Gasteiger partial charge in [-0.3, -0.25) is 4.79 Å². The molecule has 2 atom stereocenters. The molecule has 0 radical (unpaired) electrons. The van der Waals surface area contributed by atoms with Crippen molar-refractivity contribution in [3.8, 4) is 11.4 Å². The van der Waals surface area contributed by atoms with Crippen LogP contribution in [0.2, 0.25) is 0 Å². The van der Waals surface area contributed by atoms with Crippen LogP contribution in [0.15, 0.2) is 60.7 Å². The van der Waals surface area contributed by atoms with E-state index in [1.807, 2.05) is 54.6 Å². The van der Waals surface area contributed by atoms with E-state index in [0.29, 0.717) is 11.5 Å². The summed E-state index contributed by atoms with van der Waals surface area (Å²) in [6.07, 6.45) is 7.09. The maximum absolute atomic E-state index is 13.6. The number of rotatable bonds is 4. The smallest absolute Gasteiger partial charge is 0.289 e. The van der Waals surface area contributed by atoms with Gasteiger partial charge in [0.15, 0.2) is 5.76 Å². The predicted molar refractivity (Wildman–Crippen MR) is 127 cm³/mol. The topological polar surface area (TPSA) is 56.6 Å². The van der Waals surface area contributed by atoms with Crippen LogP contribution < -0.4 is 4.74 Å². The second kappa shape index (κ2) is 8.31. The van der Waals surface area contributed by atoms with Gasteiger partial charge in [0.25, 0.3) is 5.91 Å². The summed E-state index contributed by atoms with van der Waals surface area (Å²) < 4.78 is 27.3. The Labute approximate surface area is 198 Å². The minimum atomic E-state index is -0.549. The van der Waals surface area contributed by atoms with E-state index in [2.05, 4.69) is 4.98 Å². The molecular weight excluding hydrogens is 433 g/mol. The largest absolute Gasteiger partial charge is 0.495 e. The molecule has 7 heteroatoms. The van der Waals surface area contributed by atoms with E-state index >= 15 is 0 Å². The molecule has 3 aromatic rings. The Morgan fingerprint density at radius 2 is 1.94 bits per heavy atom. The van der Waals surface area contributed by atoms with E-state index in [4.69, 9.17) is 9.47 Å². The van der Waals surface area contributed by atoms with Gasteiger partial charge in [-0.05, 0) is 75.1 Å². The lowest BCUT2D eigenvalue weighted by atomic mass is 9.94. The van der Waals surface area contributed by atoms with Gasteiger partial charge in [-0.25, -0.2) is 9.37 Å². The van der Waals surface area contributed by atoms with Gasteiger partial charge in [0.2, 0.25) is 0 Å². The molecular formula is C27H28FN3O3. The van der Waals surface area contributed by atoms with Crippen LogP contribution in [0.5, 0.6) is 5.75 Å². The van der Waals surface area contributed by atoms with Gasteiger partial charge in [0, 0.05) is 6.20 Å². The molecule has 1 aromatic heterocycles. The fourth-order valence-corrected chi connectivity index (χ4v) is 5.10. The molecule has 0 aliphatic carbocycles. The van der Waals surface area contributed by atoms with Crippen LogP contribution in [-0.2, 0) is 9.53 Å². The van der Waals surface area contributed by atoms with Crippen molar-refractivity contribution in [1.82, 2.24) is 14.5 Å². The van der Waals surface area contributed by atoms with Gasteiger partial charge in [0.1, 0.15) is 17.2 Å². The summed E-state index contributed by atoms with van der Waals surface area (Å²) in [5, 5.41) is 0. The maximum Gasteiger partial charge on any atom is 0.289 e. The Morgan fingerprint density at radius 1 is 1.18 bits per heavy atom. The highest BCUT2D eigenvalue weighted by Crippen LogP contribution is 2.46. The molecule has 2 aromatic carbocycles. The molecule has 34 heavy (non-hydrogen) atoms. The fourth-order valence-electron chi connectivity index (χ4n) is 5.10. The van der Waals surface area contributed by atoms with Crippen molar-refractivity contribution in [2.24, 2.45) is 0 Å². The van der Waals surface area contributed by atoms with E-state index in [1.54, 1.807) is 31.6 Å². The molecule has 0 saturated carbocycles. The van der Waals surface area contributed by atoms with E-state index in [9.17, 15) is 9.18 Å². The summed E-state index contributed by atoms with van der Waals surface area (Å²) in [4.78, 5) is 19.8. The van der Waals surface area contributed by atoms with Crippen LogP contribution in [0.25, 0.3) is 11.8 Å². The molecule has 0 unspecified atom stereocenters. The lowest BCUT2D eigenvalue weighted by Gasteiger charge is -2.45. The SMILES string of the molecule is COc1cc(/C=C2\OC(C)(C)[C@H]3CC[C@@H](c4ccc(F)cc4)N3C2=O)ccc1-n1cnc(C)c1. The van der Waals surface area contributed by atoms with Gasteiger partial charge < -0.3 is 18.9 Å². The second-order valence-electron chi connectivity index (χ2n) is 9.44. The third kappa shape index (κ3) is 3.85. The molecule has 176 valence electrons. The molecule has 2 aliphatic heterocycles. The Kier molecular flexibility index (Phi) is 5.42. The third-order valence-electron chi connectivity index (χ3n) is 6.75. The summed E-state index contributed by atoms with van der Waals surface area (Å²) in [6, 6.07) is 12.0. The van der Waals surface area contributed by atoms with E-state index in [1.165, 1.54) is 12.1 Å². The van der Waals surface area contributed by atoms with Crippen molar-refractivity contribution in [3.05, 3.63) is 83.4 Å². The van der Waals surface area contributed by atoms with Crippen molar-refractivity contribution in [1.29, 1.82) is 0 Å². The van der Waals surface area contributed by atoms with Crippen LogP contribution in [0.4, 0.5) is 4.39 Å². The highest BCUT2D eigenvalue weighted by molar-refractivity contribution is 5.97. The highest BCUT2D eigenvalue weighted by atomic mass is 19.1. The van der Waals surface area contributed by atoms with Gasteiger partial charge in [0.05, 0.1) is 36.9 Å². The lowest BCUT2D eigenvalue weighted by Crippen LogP contribution is -2.55. The molecule has 0 spiro atoms. The summed E-state index contributed by atoms with van der Waals surface area (Å²) in [5.74, 6) is 0.529. The average molecular weight is 462 g/mol. The maximum atomic E-state index is 13.6. The fraction of sp³-hybridized carbons (Fsp3) is 0.333. The number of carbonyl (C=O) groups excluding carboxylic acids is 1. The number of hydrogen-bond acceptors (Lipinski definition) is 4. The number of carbonyl (C=O) groups is 1. The standard InChI is InChI=1S/C27H28FN3O3/c1-17-15-30(16-29-17)22-10-5-18(13-23(22)33-4)14-24-26(32)31-21(19-6-8-20(28)9-7-19)11-12-25(31)27(2,3)34-24/h5-10,13-16,21,25H,11-12H2,1-4H3/b24-14-/t21-,25+/m0/s1. The normalized spacial score (nSPS) is 22.6. The number of aromatic nitrogens is 2. The first-order chi connectivity index (χ1) is 16.3. The van der Waals surface area contributed by atoms with Crippen LogP contribution in [0.3, 0.4) is 0 Å². The Bertz CT molecular complexity index is 1260. The van der Waals surface area contributed by atoms with Crippen LogP contribution in [-0.4, -0.2) is 39.1 Å². The van der Waals surface area contributed by atoms with Crippen molar-refractivity contribution in [2.75, 3.05) is 7.11 Å². The molecule has 1 amide bonds. The predicted octanol–water partition coefficient (Wildman–Crippen LogP) is 5.21. The number of halogens is 1. The molecule has 2 fully saturated rings. The zero-order valence-corrected chi connectivity index (χ0v) is 19.8. The number of amides is 1. The van der Waals surface area contributed by atoms with Crippen molar-refractivity contribution in [2.45, 2.75) is 51.3 Å². The highest BCUT2D eigenvalue weighted by Gasteiger charge is 2.51. The molecule has 5 rings (SSSR count). The Morgan fingerprint density at radius 3 is 2.62 bits per heavy atom. The van der Waals surface area contributed by atoms with Crippen molar-refractivity contribution >= 4 is 12.0 Å². The molecule has 3 heterocycles. The number of benzene rings is 2. The van der Waals surface area contributed by atoms with Crippen LogP contribution in [0, 0.1) is 12.7 Å². The number of morpholine rings is 1. The summed E-state index contributed by atoms with van der Waals surface area (Å²) >= 11 is 0. The second-order valence-corrected chi connectivity index (χ2v) is 9.44. The van der Waals surface area contributed by atoms with E-state index in [-0.39, 0.29) is 23.8 Å². The summed E-state index contributed by atoms with van der Waals surface area (Å²) in [6.45, 7) is 5.96. The summed E-state index contributed by atoms with van der Waals surface area (Å²) in [5.41, 5.74) is 2.96. The minimum absolute atomic E-state index is 0.0476.